The van der Waals surface area contributed by atoms with Crippen LogP contribution in [0.2, 0.25) is 0 Å². The molecule has 0 N–H and O–H groups in total. The van der Waals surface area contributed by atoms with Crippen molar-refractivity contribution in [1.29, 1.82) is 0 Å². The summed E-state index contributed by atoms with van der Waals surface area (Å²) in [5.41, 5.74) is 4.35. The van der Waals surface area contributed by atoms with Gasteiger partial charge in [0.05, 0.1) is 0 Å². The second kappa shape index (κ2) is 4.85. The van der Waals surface area contributed by atoms with Gasteiger partial charge in [0.15, 0.2) is 0 Å². The summed E-state index contributed by atoms with van der Waals surface area (Å²) in [6.45, 7) is 1.16. The van der Waals surface area contributed by atoms with Gasteiger partial charge < -0.3 is 4.90 Å². The van der Waals surface area contributed by atoms with Gasteiger partial charge in [-0.2, -0.15) is 0 Å². The smallest absolute Gasteiger partial charge is 0.0396 e. The van der Waals surface area contributed by atoms with Crippen LogP contribution in [0, 0.1) is 5.92 Å². The molecule has 0 aromatic heterocycles. The molecule has 92 valence electrons. The standard InChI is InChI=1S/C17H19N/c1-18-13-15(11-14-7-3-2-4-8-14)12-16-9-5-6-10-17(16)18/h2-10,15H,11-13H2,1H3. The minimum absolute atomic E-state index is 0.729. The van der Waals surface area contributed by atoms with Gasteiger partial charge in [-0.1, -0.05) is 48.5 Å². The van der Waals surface area contributed by atoms with E-state index in [4.69, 9.17) is 0 Å². The van der Waals surface area contributed by atoms with E-state index >= 15 is 0 Å². The molecule has 1 heteroatoms. The van der Waals surface area contributed by atoms with Gasteiger partial charge in [-0.25, -0.2) is 0 Å². The third kappa shape index (κ3) is 2.26. The van der Waals surface area contributed by atoms with E-state index in [1.807, 2.05) is 0 Å². The maximum Gasteiger partial charge on any atom is 0.0396 e. The van der Waals surface area contributed by atoms with Crippen molar-refractivity contribution >= 4 is 5.69 Å². The Morgan fingerprint density at radius 1 is 1.00 bits per heavy atom. The molecule has 0 radical (unpaired) electrons. The molecule has 1 atom stereocenters. The second-order valence-corrected chi connectivity index (χ2v) is 5.27. The van der Waals surface area contributed by atoms with E-state index in [9.17, 15) is 0 Å². The Bertz CT molecular complexity index is 518. The molecular weight excluding hydrogens is 218 g/mol. The number of para-hydroxylation sites is 1. The molecule has 0 fully saturated rings. The highest BCUT2D eigenvalue weighted by Gasteiger charge is 2.21. The fourth-order valence-electron chi connectivity index (χ4n) is 3.00. The fourth-order valence-corrected chi connectivity index (χ4v) is 3.00. The topological polar surface area (TPSA) is 3.24 Å². The molecule has 1 heterocycles. The first-order valence-corrected chi connectivity index (χ1v) is 6.66. The minimum Gasteiger partial charge on any atom is -0.374 e. The summed E-state index contributed by atoms with van der Waals surface area (Å²) in [5, 5.41) is 0. The van der Waals surface area contributed by atoms with Gasteiger partial charge in [0.1, 0.15) is 0 Å². The first kappa shape index (κ1) is 11.3. The van der Waals surface area contributed by atoms with Gasteiger partial charge in [-0.3, -0.25) is 0 Å². The fraction of sp³-hybridized carbons (Fsp3) is 0.294. The normalized spacial score (nSPS) is 18.5. The van der Waals surface area contributed by atoms with Crippen LogP contribution in [0.3, 0.4) is 0 Å². The number of rotatable bonds is 2. The Morgan fingerprint density at radius 3 is 2.56 bits per heavy atom. The van der Waals surface area contributed by atoms with Crippen LogP contribution in [0.1, 0.15) is 11.1 Å². The van der Waals surface area contributed by atoms with Gasteiger partial charge in [-0.15, -0.1) is 0 Å². The summed E-state index contributed by atoms with van der Waals surface area (Å²) >= 11 is 0. The number of benzene rings is 2. The molecule has 1 aliphatic heterocycles. The van der Waals surface area contributed by atoms with Crippen LogP contribution < -0.4 is 4.90 Å². The maximum atomic E-state index is 2.40. The van der Waals surface area contributed by atoms with Gasteiger partial charge in [-0.05, 0) is 36.0 Å². The molecule has 0 amide bonds. The third-order valence-corrected chi connectivity index (χ3v) is 3.81. The van der Waals surface area contributed by atoms with E-state index in [0.717, 1.165) is 12.5 Å². The molecule has 0 bridgehead atoms. The lowest BCUT2D eigenvalue weighted by molar-refractivity contribution is 0.501. The Labute approximate surface area is 109 Å². The van der Waals surface area contributed by atoms with Gasteiger partial charge in [0.2, 0.25) is 0 Å². The zero-order valence-electron chi connectivity index (χ0n) is 10.8. The molecule has 0 saturated carbocycles. The lowest BCUT2D eigenvalue weighted by Gasteiger charge is -2.33. The average molecular weight is 237 g/mol. The Kier molecular flexibility index (Phi) is 3.06. The predicted octanol–water partition coefficient (Wildman–Crippen LogP) is 3.54. The first-order valence-electron chi connectivity index (χ1n) is 6.66. The van der Waals surface area contributed by atoms with Crippen molar-refractivity contribution in [3.8, 4) is 0 Å². The van der Waals surface area contributed by atoms with Gasteiger partial charge >= 0.3 is 0 Å². The molecule has 0 aliphatic carbocycles. The molecule has 1 unspecified atom stereocenters. The maximum absolute atomic E-state index is 2.40. The van der Waals surface area contributed by atoms with Crippen molar-refractivity contribution in [3.05, 3.63) is 65.7 Å². The molecule has 1 aliphatic rings. The number of fused-ring (bicyclic) bond motifs is 1. The molecule has 18 heavy (non-hydrogen) atoms. The monoisotopic (exact) mass is 237 g/mol. The van der Waals surface area contributed by atoms with Crippen molar-refractivity contribution in [3.63, 3.8) is 0 Å². The summed E-state index contributed by atoms with van der Waals surface area (Å²) in [6, 6.07) is 19.6. The zero-order valence-corrected chi connectivity index (χ0v) is 10.8. The molecular formula is C17H19N. The van der Waals surface area contributed by atoms with E-state index < -0.39 is 0 Å². The lowest BCUT2D eigenvalue weighted by atomic mass is 9.88. The van der Waals surface area contributed by atoms with E-state index in [0.29, 0.717) is 0 Å². The van der Waals surface area contributed by atoms with E-state index in [2.05, 4.69) is 66.5 Å². The summed E-state index contributed by atoms with van der Waals surface area (Å²) in [4.78, 5) is 2.40. The minimum atomic E-state index is 0.729. The quantitative estimate of drug-likeness (QED) is 0.772. The highest BCUT2D eigenvalue weighted by molar-refractivity contribution is 5.55. The largest absolute Gasteiger partial charge is 0.374 e. The molecule has 0 saturated heterocycles. The average Bonchev–Trinajstić information content (AvgIpc) is 2.40. The van der Waals surface area contributed by atoms with E-state index in [1.54, 1.807) is 0 Å². The zero-order chi connectivity index (χ0) is 12.4. The van der Waals surface area contributed by atoms with Gasteiger partial charge in [0, 0.05) is 19.3 Å². The molecule has 2 aromatic rings. The SMILES string of the molecule is CN1CC(Cc2ccccc2)Cc2ccccc21. The summed E-state index contributed by atoms with van der Waals surface area (Å²) in [6.07, 6.45) is 2.38. The molecule has 2 aromatic carbocycles. The summed E-state index contributed by atoms with van der Waals surface area (Å²) < 4.78 is 0. The first-order chi connectivity index (χ1) is 8.83. The Hall–Kier alpha value is -1.76. The van der Waals surface area contributed by atoms with Crippen LogP contribution in [0.25, 0.3) is 0 Å². The number of hydrogen-bond acceptors (Lipinski definition) is 1. The van der Waals surface area contributed by atoms with Gasteiger partial charge in [0.25, 0.3) is 0 Å². The summed E-state index contributed by atoms with van der Waals surface area (Å²) in [5.74, 6) is 0.729. The van der Waals surface area contributed by atoms with E-state index in [1.165, 1.54) is 29.7 Å². The predicted molar refractivity (Wildman–Crippen MR) is 77.1 cm³/mol. The summed E-state index contributed by atoms with van der Waals surface area (Å²) in [7, 11) is 2.20. The van der Waals surface area contributed by atoms with Crippen molar-refractivity contribution in [2.45, 2.75) is 12.8 Å². The van der Waals surface area contributed by atoms with Crippen LogP contribution in [0.15, 0.2) is 54.6 Å². The third-order valence-electron chi connectivity index (χ3n) is 3.81. The lowest BCUT2D eigenvalue weighted by Crippen LogP contribution is -2.33. The molecule has 1 nitrogen and oxygen atoms in total. The Balaban J connectivity index is 1.78. The number of anilines is 1. The van der Waals surface area contributed by atoms with Crippen molar-refractivity contribution < 1.29 is 0 Å². The number of nitrogens with zero attached hydrogens (tertiary/aromatic N) is 1. The van der Waals surface area contributed by atoms with Crippen molar-refractivity contribution in [2.24, 2.45) is 5.92 Å². The highest BCUT2D eigenvalue weighted by Crippen LogP contribution is 2.29. The van der Waals surface area contributed by atoms with Crippen LogP contribution >= 0.6 is 0 Å². The highest BCUT2D eigenvalue weighted by atomic mass is 15.1. The molecule has 3 rings (SSSR count). The van der Waals surface area contributed by atoms with Crippen molar-refractivity contribution in [1.82, 2.24) is 0 Å². The Morgan fingerprint density at radius 2 is 1.72 bits per heavy atom. The van der Waals surface area contributed by atoms with Crippen LogP contribution in [-0.4, -0.2) is 13.6 Å². The van der Waals surface area contributed by atoms with Crippen LogP contribution in [0.5, 0.6) is 0 Å². The number of hydrogen-bond donors (Lipinski definition) is 0. The molecule has 0 spiro atoms. The van der Waals surface area contributed by atoms with E-state index in [-0.39, 0.29) is 0 Å². The van der Waals surface area contributed by atoms with Crippen molar-refractivity contribution in [2.75, 3.05) is 18.5 Å². The van der Waals surface area contributed by atoms with Crippen LogP contribution in [0.4, 0.5) is 5.69 Å². The van der Waals surface area contributed by atoms with Crippen LogP contribution in [-0.2, 0) is 12.8 Å². The second-order valence-electron chi connectivity index (χ2n) is 5.27.